The highest BCUT2D eigenvalue weighted by atomic mass is 16.3. The van der Waals surface area contributed by atoms with Crippen LogP contribution in [0.15, 0.2) is 24.5 Å². The molecule has 1 aliphatic heterocycles. The van der Waals surface area contributed by atoms with E-state index >= 15 is 0 Å². The van der Waals surface area contributed by atoms with E-state index in [1.54, 1.807) is 16.9 Å². The lowest BCUT2D eigenvalue weighted by Crippen LogP contribution is -2.46. The van der Waals surface area contributed by atoms with Gasteiger partial charge in [0, 0.05) is 18.8 Å². The van der Waals surface area contributed by atoms with Crippen LogP contribution in [-0.4, -0.2) is 38.2 Å². The molecule has 7 nitrogen and oxygen atoms in total. The molecule has 3 heterocycles. The van der Waals surface area contributed by atoms with Gasteiger partial charge in [-0.05, 0) is 38.8 Å². The molecule has 0 saturated carbocycles. The number of hydrogen-bond donors (Lipinski definition) is 1. The first-order chi connectivity index (χ1) is 11.0. The van der Waals surface area contributed by atoms with Crippen LogP contribution in [-0.2, 0) is 5.60 Å². The maximum Gasteiger partial charge on any atom is 0.128 e. The summed E-state index contributed by atoms with van der Waals surface area (Å²) < 4.78 is 1.76. The Labute approximate surface area is 135 Å². The fraction of sp³-hybridized carbons (Fsp3) is 0.500. The van der Waals surface area contributed by atoms with Gasteiger partial charge in [0.25, 0.3) is 0 Å². The Balaban J connectivity index is 1.82. The molecule has 3 rings (SSSR count). The van der Waals surface area contributed by atoms with Crippen LogP contribution in [0.25, 0.3) is 0 Å². The van der Waals surface area contributed by atoms with Gasteiger partial charge in [-0.1, -0.05) is 5.21 Å². The van der Waals surface area contributed by atoms with Gasteiger partial charge in [0.1, 0.15) is 23.2 Å². The Kier molecular flexibility index (Phi) is 4.01. The molecule has 0 spiro atoms. The van der Waals surface area contributed by atoms with Gasteiger partial charge in [-0.15, -0.1) is 5.10 Å². The van der Waals surface area contributed by atoms with Gasteiger partial charge >= 0.3 is 0 Å². The summed E-state index contributed by atoms with van der Waals surface area (Å²) in [6.07, 6.45) is 4.86. The molecule has 120 valence electrons. The van der Waals surface area contributed by atoms with Crippen molar-refractivity contribution < 1.29 is 5.11 Å². The van der Waals surface area contributed by atoms with Crippen molar-refractivity contribution in [3.63, 3.8) is 0 Å². The van der Waals surface area contributed by atoms with Crippen LogP contribution in [0.4, 0.5) is 5.82 Å². The van der Waals surface area contributed by atoms with Crippen LogP contribution in [0.5, 0.6) is 0 Å². The Hall–Kier alpha value is -2.46. The molecule has 2 aromatic rings. The summed E-state index contributed by atoms with van der Waals surface area (Å²) in [5, 5.41) is 28.1. The summed E-state index contributed by atoms with van der Waals surface area (Å²) in [7, 11) is 0. The lowest BCUT2D eigenvalue weighted by atomic mass is 9.90. The monoisotopic (exact) mass is 312 g/mol. The third-order valence-corrected chi connectivity index (χ3v) is 4.19. The molecule has 1 aliphatic rings. The molecule has 1 N–H and O–H groups in total. The Morgan fingerprint density at radius 2 is 2.22 bits per heavy atom. The molecular weight excluding hydrogens is 292 g/mol. The van der Waals surface area contributed by atoms with Crippen LogP contribution in [0.2, 0.25) is 0 Å². The molecule has 0 aromatic carbocycles. The average Bonchev–Trinajstić information content (AvgIpc) is 3.06. The second kappa shape index (κ2) is 5.97. The van der Waals surface area contributed by atoms with Crippen LogP contribution in [0, 0.1) is 11.3 Å². The summed E-state index contributed by atoms with van der Waals surface area (Å²) in [5.74, 6) is 0.762. The van der Waals surface area contributed by atoms with E-state index in [0.29, 0.717) is 24.2 Å². The standard InChI is InChI=1S/C16H20N6O/c1-12(2)22-10-14(19-20-22)16(23)6-3-7-21(11-16)15-5-4-13(8-17)9-18-15/h4-5,9-10,12,23H,3,6-7,11H2,1-2H3. The summed E-state index contributed by atoms with van der Waals surface area (Å²) in [6.45, 7) is 5.29. The van der Waals surface area contributed by atoms with Gasteiger partial charge in [-0.2, -0.15) is 5.26 Å². The van der Waals surface area contributed by atoms with E-state index in [0.717, 1.165) is 18.8 Å². The van der Waals surface area contributed by atoms with Crippen molar-refractivity contribution in [1.82, 2.24) is 20.0 Å². The Morgan fingerprint density at radius 1 is 1.39 bits per heavy atom. The highest BCUT2D eigenvalue weighted by Crippen LogP contribution is 2.32. The smallest absolute Gasteiger partial charge is 0.128 e. The minimum absolute atomic E-state index is 0.208. The van der Waals surface area contributed by atoms with Crippen molar-refractivity contribution in [3.8, 4) is 6.07 Å². The Morgan fingerprint density at radius 3 is 2.83 bits per heavy atom. The normalized spacial score (nSPS) is 21.4. The molecule has 0 radical (unpaired) electrons. The van der Waals surface area contributed by atoms with Gasteiger partial charge in [-0.3, -0.25) is 0 Å². The van der Waals surface area contributed by atoms with Crippen molar-refractivity contribution in [3.05, 3.63) is 35.8 Å². The van der Waals surface area contributed by atoms with Crippen molar-refractivity contribution in [1.29, 1.82) is 5.26 Å². The summed E-state index contributed by atoms with van der Waals surface area (Å²) in [4.78, 5) is 6.34. The van der Waals surface area contributed by atoms with Crippen LogP contribution in [0.1, 0.15) is 44.0 Å². The second-order valence-electron chi connectivity index (χ2n) is 6.25. The largest absolute Gasteiger partial charge is 0.382 e. The number of β-amino-alcohol motifs (C(OH)–C–C–N with tert-alkyl or cyclic N) is 1. The van der Waals surface area contributed by atoms with E-state index in [1.165, 1.54) is 0 Å². The lowest BCUT2D eigenvalue weighted by molar-refractivity contribution is 0.0174. The Bertz CT molecular complexity index is 717. The quantitative estimate of drug-likeness (QED) is 0.926. The highest BCUT2D eigenvalue weighted by Gasteiger charge is 2.38. The summed E-state index contributed by atoms with van der Waals surface area (Å²) >= 11 is 0. The van der Waals surface area contributed by atoms with Gasteiger partial charge in [0.05, 0.1) is 18.3 Å². The fourth-order valence-corrected chi connectivity index (χ4v) is 2.82. The fourth-order valence-electron chi connectivity index (χ4n) is 2.82. The number of anilines is 1. The minimum atomic E-state index is -1.03. The molecular formula is C16H20N6O. The van der Waals surface area contributed by atoms with Crippen molar-refractivity contribution in [2.45, 2.75) is 38.3 Å². The molecule has 0 aliphatic carbocycles. The molecule has 0 amide bonds. The zero-order valence-corrected chi connectivity index (χ0v) is 13.3. The summed E-state index contributed by atoms with van der Waals surface area (Å²) in [6, 6.07) is 5.83. The van der Waals surface area contributed by atoms with E-state index in [-0.39, 0.29) is 6.04 Å². The lowest BCUT2D eigenvalue weighted by Gasteiger charge is -2.38. The molecule has 23 heavy (non-hydrogen) atoms. The number of nitrogens with zero attached hydrogens (tertiary/aromatic N) is 6. The first kappa shape index (κ1) is 15.4. The summed E-state index contributed by atoms with van der Waals surface area (Å²) in [5.41, 5.74) is 0.103. The first-order valence-corrected chi connectivity index (χ1v) is 7.77. The first-order valence-electron chi connectivity index (χ1n) is 7.77. The van der Waals surface area contributed by atoms with Gasteiger partial charge < -0.3 is 10.0 Å². The van der Waals surface area contributed by atoms with Crippen molar-refractivity contribution in [2.24, 2.45) is 0 Å². The molecule has 2 aromatic heterocycles. The van der Waals surface area contributed by atoms with Gasteiger partial charge in [0.2, 0.25) is 0 Å². The minimum Gasteiger partial charge on any atom is -0.382 e. The third-order valence-electron chi connectivity index (χ3n) is 4.19. The maximum atomic E-state index is 11.0. The van der Waals surface area contributed by atoms with E-state index in [4.69, 9.17) is 5.26 Å². The maximum absolute atomic E-state index is 11.0. The zero-order chi connectivity index (χ0) is 16.4. The SMILES string of the molecule is CC(C)n1cc(C2(O)CCCN(c3ccc(C#N)cn3)C2)nn1. The van der Waals surface area contributed by atoms with Gasteiger partial charge in [-0.25, -0.2) is 9.67 Å². The number of aromatic nitrogens is 4. The van der Waals surface area contributed by atoms with E-state index in [9.17, 15) is 5.11 Å². The zero-order valence-electron chi connectivity index (χ0n) is 13.3. The van der Waals surface area contributed by atoms with Crippen LogP contribution >= 0.6 is 0 Å². The number of nitriles is 1. The predicted octanol–water partition coefficient (Wildman–Crippen LogP) is 1.61. The van der Waals surface area contributed by atoms with Crippen molar-refractivity contribution >= 4 is 5.82 Å². The average molecular weight is 312 g/mol. The molecule has 0 bridgehead atoms. The van der Waals surface area contributed by atoms with E-state index in [1.807, 2.05) is 31.0 Å². The number of pyridine rings is 1. The number of aliphatic hydroxyl groups is 1. The molecule has 1 saturated heterocycles. The number of piperidine rings is 1. The number of hydrogen-bond acceptors (Lipinski definition) is 6. The van der Waals surface area contributed by atoms with Crippen LogP contribution in [0.3, 0.4) is 0 Å². The van der Waals surface area contributed by atoms with Gasteiger partial charge in [0.15, 0.2) is 0 Å². The van der Waals surface area contributed by atoms with Crippen molar-refractivity contribution in [2.75, 3.05) is 18.0 Å². The molecule has 1 atom stereocenters. The topological polar surface area (TPSA) is 90.9 Å². The van der Waals surface area contributed by atoms with E-state index in [2.05, 4.69) is 21.4 Å². The van der Waals surface area contributed by atoms with Crippen LogP contribution < -0.4 is 4.90 Å². The highest BCUT2D eigenvalue weighted by molar-refractivity contribution is 5.43. The molecule has 1 fully saturated rings. The second-order valence-corrected chi connectivity index (χ2v) is 6.25. The van der Waals surface area contributed by atoms with E-state index < -0.39 is 5.60 Å². The molecule has 7 heteroatoms. The number of rotatable bonds is 3. The third kappa shape index (κ3) is 3.03. The molecule has 1 unspecified atom stereocenters. The predicted molar refractivity (Wildman–Crippen MR) is 84.7 cm³/mol.